The van der Waals surface area contributed by atoms with Gasteiger partial charge in [0, 0.05) is 29.1 Å². The Morgan fingerprint density at radius 3 is 2.71 bits per heavy atom. The van der Waals surface area contributed by atoms with E-state index in [2.05, 4.69) is 5.32 Å². The summed E-state index contributed by atoms with van der Waals surface area (Å²) in [5.74, 6) is -0.0845. The van der Waals surface area contributed by atoms with Crippen LogP contribution in [0.3, 0.4) is 0 Å². The van der Waals surface area contributed by atoms with Crippen LogP contribution in [0.25, 0.3) is 10.9 Å². The topological polar surface area (TPSA) is 89.8 Å². The molecule has 3 aromatic rings. The molecule has 4 rings (SSSR count). The number of aliphatic carboxylic acids is 1. The highest BCUT2D eigenvalue weighted by Crippen LogP contribution is 2.36. The predicted octanol–water partition coefficient (Wildman–Crippen LogP) is 4.44. The Hall–Kier alpha value is -3.55. The molecule has 8 heteroatoms. The molecule has 2 N–H and O–H groups in total. The van der Waals surface area contributed by atoms with Gasteiger partial charge in [-0.25, -0.2) is 9.18 Å². The number of fused-ring (bicyclic) bond motifs is 3. The Labute approximate surface area is 203 Å². The van der Waals surface area contributed by atoms with E-state index in [0.29, 0.717) is 50.0 Å². The summed E-state index contributed by atoms with van der Waals surface area (Å²) in [4.78, 5) is 24.7. The number of hydrogen-bond acceptors (Lipinski definition) is 4. The standard InChI is InChI=1S/C27H31FN2O5/c1-4-21(27(32)33)30-22-11-9-17(28)14-19(22)20-15-18(10-12-23(20)30)29-25(31)13-8-16-6-5-7-24(34-2)26(16)35-3/h5-7,9,11,14,18,21H,4,8,10,12-13,15H2,1-3H3,(H,29,31)(H,32,33)/t18-,21?/m0/s1. The van der Waals surface area contributed by atoms with Crippen molar-refractivity contribution in [1.29, 1.82) is 0 Å². The van der Waals surface area contributed by atoms with Gasteiger partial charge in [-0.1, -0.05) is 19.1 Å². The van der Waals surface area contributed by atoms with E-state index in [9.17, 15) is 19.1 Å². The molecule has 0 radical (unpaired) electrons. The second kappa shape index (κ2) is 10.4. The molecule has 1 heterocycles. The van der Waals surface area contributed by atoms with Crippen LogP contribution in [0, 0.1) is 5.82 Å². The lowest BCUT2D eigenvalue weighted by Gasteiger charge is -2.26. The van der Waals surface area contributed by atoms with E-state index >= 15 is 0 Å². The molecule has 0 saturated heterocycles. The molecule has 0 aliphatic heterocycles. The highest BCUT2D eigenvalue weighted by molar-refractivity contribution is 5.88. The number of methoxy groups -OCH3 is 2. The number of carbonyl (C=O) groups is 2. The van der Waals surface area contributed by atoms with E-state index in [1.54, 1.807) is 20.3 Å². The number of hydrogen-bond donors (Lipinski definition) is 2. The third kappa shape index (κ3) is 4.83. The first-order valence-electron chi connectivity index (χ1n) is 11.9. The van der Waals surface area contributed by atoms with Crippen molar-refractivity contribution in [3.8, 4) is 11.5 Å². The molecule has 186 valence electrons. The maximum absolute atomic E-state index is 14.1. The maximum atomic E-state index is 14.1. The number of aryl methyl sites for hydroxylation is 1. The number of carbonyl (C=O) groups excluding carboxylic acids is 1. The summed E-state index contributed by atoms with van der Waals surface area (Å²) < 4.78 is 26.8. The van der Waals surface area contributed by atoms with E-state index in [4.69, 9.17) is 9.47 Å². The van der Waals surface area contributed by atoms with Gasteiger partial charge < -0.3 is 24.5 Å². The Balaban J connectivity index is 1.52. The van der Waals surface area contributed by atoms with Gasteiger partial charge in [-0.3, -0.25) is 4.79 Å². The van der Waals surface area contributed by atoms with E-state index < -0.39 is 12.0 Å². The number of halogens is 1. The van der Waals surface area contributed by atoms with Gasteiger partial charge in [-0.05, 0) is 67.5 Å². The van der Waals surface area contributed by atoms with Gasteiger partial charge in [-0.15, -0.1) is 0 Å². The van der Waals surface area contributed by atoms with Crippen LogP contribution >= 0.6 is 0 Å². The summed E-state index contributed by atoms with van der Waals surface area (Å²) in [6.07, 6.45) is 3.06. The summed E-state index contributed by atoms with van der Waals surface area (Å²) in [5, 5.41) is 13.6. The minimum absolute atomic E-state index is 0.0739. The zero-order valence-electron chi connectivity index (χ0n) is 20.3. The largest absolute Gasteiger partial charge is 0.493 e. The van der Waals surface area contributed by atoms with Crippen LogP contribution in [0.15, 0.2) is 36.4 Å². The molecule has 2 atom stereocenters. The minimum atomic E-state index is -0.903. The van der Waals surface area contributed by atoms with Crippen molar-refractivity contribution in [3.05, 3.63) is 59.0 Å². The monoisotopic (exact) mass is 482 g/mol. The number of aromatic nitrogens is 1. The number of carboxylic acid groups (broad SMARTS) is 1. The Morgan fingerprint density at radius 2 is 2.03 bits per heavy atom. The maximum Gasteiger partial charge on any atom is 0.326 e. The first-order chi connectivity index (χ1) is 16.9. The number of nitrogens with one attached hydrogen (secondary N) is 1. The zero-order valence-corrected chi connectivity index (χ0v) is 20.3. The van der Waals surface area contributed by atoms with Crippen LogP contribution in [0.4, 0.5) is 4.39 Å². The SMILES string of the molecule is CCC(C(=O)O)n1c2c(c3cc(F)ccc31)C[C@@H](NC(=O)CCc1cccc(OC)c1OC)CC2. The van der Waals surface area contributed by atoms with Crippen molar-refractivity contribution >= 4 is 22.8 Å². The molecule has 0 bridgehead atoms. The molecule has 1 amide bonds. The first-order valence-corrected chi connectivity index (χ1v) is 11.9. The van der Waals surface area contributed by atoms with Crippen LogP contribution in [0.1, 0.15) is 49.0 Å². The molecular weight excluding hydrogens is 451 g/mol. The molecule has 1 aromatic heterocycles. The number of carboxylic acids is 1. The lowest BCUT2D eigenvalue weighted by atomic mass is 9.91. The normalized spacial score (nSPS) is 15.9. The van der Waals surface area contributed by atoms with Crippen LogP contribution < -0.4 is 14.8 Å². The number of rotatable bonds is 9. The Kier molecular flexibility index (Phi) is 7.28. The van der Waals surface area contributed by atoms with Gasteiger partial charge in [0.1, 0.15) is 11.9 Å². The third-order valence-corrected chi connectivity index (χ3v) is 6.82. The molecule has 0 saturated carbocycles. The number of amides is 1. The summed E-state index contributed by atoms with van der Waals surface area (Å²) in [5.41, 5.74) is 3.46. The summed E-state index contributed by atoms with van der Waals surface area (Å²) >= 11 is 0. The van der Waals surface area contributed by atoms with E-state index in [1.165, 1.54) is 12.1 Å². The van der Waals surface area contributed by atoms with Crippen molar-refractivity contribution in [3.63, 3.8) is 0 Å². The highest BCUT2D eigenvalue weighted by atomic mass is 19.1. The van der Waals surface area contributed by atoms with Gasteiger partial charge in [0.25, 0.3) is 0 Å². The molecule has 0 fully saturated rings. The molecule has 1 aliphatic carbocycles. The minimum Gasteiger partial charge on any atom is -0.493 e. The van der Waals surface area contributed by atoms with Gasteiger partial charge in [0.2, 0.25) is 5.91 Å². The van der Waals surface area contributed by atoms with Crippen molar-refractivity contribution in [2.75, 3.05) is 14.2 Å². The van der Waals surface area contributed by atoms with Gasteiger partial charge in [0.05, 0.1) is 14.2 Å². The number of nitrogens with zero attached hydrogens (tertiary/aromatic N) is 1. The summed E-state index contributed by atoms with van der Waals surface area (Å²) in [6.45, 7) is 1.84. The molecule has 1 unspecified atom stereocenters. The van der Waals surface area contributed by atoms with E-state index in [0.717, 1.165) is 27.7 Å². The van der Waals surface area contributed by atoms with Crippen LogP contribution in [-0.4, -0.2) is 41.8 Å². The molecule has 0 spiro atoms. The quantitative estimate of drug-likeness (QED) is 0.471. The lowest BCUT2D eigenvalue weighted by molar-refractivity contribution is -0.141. The molecule has 1 aliphatic rings. The fourth-order valence-electron chi connectivity index (χ4n) is 5.21. The van der Waals surface area contributed by atoms with Crippen molar-refractivity contribution in [2.24, 2.45) is 0 Å². The zero-order chi connectivity index (χ0) is 25.1. The third-order valence-electron chi connectivity index (χ3n) is 6.82. The number of para-hydroxylation sites is 1. The van der Waals surface area contributed by atoms with Crippen LogP contribution in [0.5, 0.6) is 11.5 Å². The smallest absolute Gasteiger partial charge is 0.326 e. The van der Waals surface area contributed by atoms with Crippen molar-refractivity contribution < 1.29 is 28.6 Å². The fraction of sp³-hybridized carbons (Fsp3) is 0.407. The average Bonchev–Trinajstić information content (AvgIpc) is 3.15. The van der Waals surface area contributed by atoms with E-state index in [-0.39, 0.29) is 17.8 Å². The van der Waals surface area contributed by atoms with E-state index in [1.807, 2.05) is 29.7 Å². The van der Waals surface area contributed by atoms with Crippen molar-refractivity contribution in [2.45, 2.75) is 57.5 Å². The molecule has 35 heavy (non-hydrogen) atoms. The van der Waals surface area contributed by atoms with Gasteiger partial charge in [0.15, 0.2) is 11.5 Å². The second-order valence-electron chi connectivity index (χ2n) is 8.88. The Bertz CT molecular complexity index is 1250. The highest BCUT2D eigenvalue weighted by Gasteiger charge is 2.31. The van der Waals surface area contributed by atoms with Crippen molar-refractivity contribution in [1.82, 2.24) is 9.88 Å². The predicted molar refractivity (Wildman–Crippen MR) is 131 cm³/mol. The Morgan fingerprint density at radius 1 is 1.23 bits per heavy atom. The second-order valence-corrected chi connectivity index (χ2v) is 8.88. The van der Waals surface area contributed by atoms with Gasteiger partial charge in [-0.2, -0.15) is 0 Å². The fourth-order valence-corrected chi connectivity index (χ4v) is 5.21. The average molecular weight is 483 g/mol. The number of ether oxygens (including phenoxy) is 2. The first kappa shape index (κ1) is 24.6. The summed E-state index contributed by atoms with van der Waals surface area (Å²) in [7, 11) is 3.15. The molecule has 7 nitrogen and oxygen atoms in total. The van der Waals surface area contributed by atoms with Crippen LogP contribution in [0.2, 0.25) is 0 Å². The van der Waals surface area contributed by atoms with Crippen LogP contribution in [-0.2, 0) is 28.9 Å². The number of benzene rings is 2. The molecular formula is C27H31FN2O5. The van der Waals surface area contributed by atoms with Gasteiger partial charge >= 0.3 is 5.97 Å². The lowest BCUT2D eigenvalue weighted by Crippen LogP contribution is -2.39. The summed E-state index contributed by atoms with van der Waals surface area (Å²) in [6, 6.07) is 9.27. The molecule has 2 aromatic carbocycles.